The number of carboxylic acid groups (broad SMARTS) is 1. The van der Waals surface area contributed by atoms with Gasteiger partial charge in [0.25, 0.3) is 5.92 Å². The Hall–Kier alpha value is -3.49. The number of hydrogen-bond donors (Lipinski definition) is 2. The standard InChI is InChI=1S/C25H26F2N2O5/c1-24(2,22(32)29-14-25(26,27)11-20(29)21(30)31)13-28-23(33)34-12-19-17-9-5-3-7-15(17)16-8-4-6-10-18(16)19/h3-10,19-20H,11-14H2,1-2H3,(H,28,33)(H,30,31). The van der Waals surface area contributed by atoms with Crippen LogP contribution in [-0.2, 0) is 14.3 Å². The van der Waals surface area contributed by atoms with E-state index in [1.54, 1.807) is 0 Å². The van der Waals surface area contributed by atoms with Gasteiger partial charge in [-0.25, -0.2) is 18.4 Å². The number of carboxylic acids is 1. The van der Waals surface area contributed by atoms with Gasteiger partial charge in [0.2, 0.25) is 5.91 Å². The van der Waals surface area contributed by atoms with E-state index >= 15 is 0 Å². The zero-order valence-electron chi connectivity index (χ0n) is 18.9. The van der Waals surface area contributed by atoms with Crippen LogP contribution >= 0.6 is 0 Å². The average molecular weight is 472 g/mol. The second-order valence-electron chi connectivity index (χ2n) is 9.41. The lowest BCUT2D eigenvalue weighted by Crippen LogP contribution is -2.50. The van der Waals surface area contributed by atoms with Crippen LogP contribution in [0.25, 0.3) is 11.1 Å². The molecule has 1 heterocycles. The molecule has 0 radical (unpaired) electrons. The third-order valence-electron chi connectivity index (χ3n) is 6.41. The highest BCUT2D eigenvalue weighted by molar-refractivity contribution is 5.88. The Morgan fingerprint density at radius 2 is 1.65 bits per heavy atom. The first-order valence-electron chi connectivity index (χ1n) is 11.0. The number of benzene rings is 2. The molecule has 7 nitrogen and oxygen atoms in total. The van der Waals surface area contributed by atoms with E-state index in [-0.39, 0.29) is 19.1 Å². The summed E-state index contributed by atoms with van der Waals surface area (Å²) in [4.78, 5) is 37.3. The monoisotopic (exact) mass is 472 g/mol. The maximum absolute atomic E-state index is 13.8. The van der Waals surface area contributed by atoms with Gasteiger partial charge in [-0.15, -0.1) is 0 Å². The van der Waals surface area contributed by atoms with Crippen molar-refractivity contribution in [3.05, 3.63) is 59.7 Å². The van der Waals surface area contributed by atoms with Gasteiger partial charge in [0.1, 0.15) is 12.6 Å². The summed E-state index contributed by atoms with van der Waals surface area (Å²) in [7, 11) is 0. The van der Waals surface area contributed by atoms with Crippen molar-refractivity contribution in [2.75, 3.05) is 19.7 Å². The van der Waals surface area contributed by atoms with E-state index in [2.05, 4.69) is 5.32 Å². The number of alkyl halides is 2. The van der Waals surface area contributed by atoms with E-state index in [0.717, 1.165) is 22.3 Å². The van der Waals surface area contributed by atoms with Crippen LogP contribution in [0.15, 0.2) is 48.5 Å². The van der Waals surface area contributed by atoms with Crippen LogP contribution < -0.4 is 5.32 Å². The molecule has 9 heteroatoms. The first kappa shape index (κ1) is 23.7. The number of nitrogens with zero attached hydrogens (tertiary/aromatic N) is 1. The molecule has 0 saturated carbocycles. The summed E-state index contributed by atoms with van der Waals surface area (Å²) in [5.74, 6) is -5.65. The molecule has 180 valence electrons. The van der Waals surface area contributed by atoms with Crippen LogP contribution in [0.5, 0.6) is 0 Å². The number of halogens is 2. The Bertz CT molecular complexity index is 1090. The molecular weight excluding hydrogens is 446 g/mol. The van der Waals surface area contributed by atoms with Gasteiger partial charge in [-0.05, 0) is 36.1 Å². The number of fused-ring (bicyclic) bond motifs is 3. The number of likely N-dealkylation sites (tertiary alicyclic amines) is 1. The van der Waals surface area contributed by atoms with Crippen LogP contribution in [0.2, 0.25) is 0 Å². The van der Waals surface area contributed by atoms with E-state index in [1.807, 2.05) is 48.5 Å². The molecule has 34 heavy (non-hydrogen) atoms. The number of carbonyl (C=O) groups is 3. The molecule has 2 aromatic rings. The number of hydrogen-bond acceptors (Lipinski definition) is 4. The maximum Gasteiger partial charge on any atom is 0.407 e. The number of amides is 2. The number of carbonyl (C=O) groups excluding carboxylic acids is 2. The Labute approximate surface area is 195 Å². The van der Waals surface area contributed by atoms with Crippen molar-refractivity contribution >= 4 is 18.0 Å². The third kappa shape index (κ3) is 4.47. The first-order chi connectivity index (χ1) is 16.0. The highest BCUT2D eigenvalue weighted by Crippen LogP contribution is 2.44. The molecule has 1 aliphatic carbocycles. The minimum atomic E-state index is -3.27. The Kier molecular flexibility index (Phi) is 6.05. The molecule has 1 atom stereocenters. The fraction of sp³-hybridized carbons (Fsp3) is 0.400. The summed E-state index contributed by atoms with van der Waals surface area (Å²) in [6, 6.07) is 14.2. The van der Waals surface area contributed by atoms with Crippen LogP contribution in [-0.4, -0.2) is 59.6 Å². The van der Waals surface area contributed by atoms with Gasteiger partial charge in [0.15, 0.2) is 0 Å². The first-order valence-corrected chi connectivity index (χ1v) is 11.0. The summed E-state index contributed by atoms with van der Waals surface area (Å²) in [6.45, 7) is 1.87. The number of rotatable bonds is 6. The molecule has 2 aliphatic rings. The predicted molar refractivity (Wildman–Crippen MR) is 120 cm³/mol. The van der Waals surface area contributed by atoms with Gasteiger partial charge in [-0.2, -0.15) is 0 Å². The lowest BCUT2D eigenvalue weighted by atomic mass is 9.91. The van der Waals surface area contributed by atoms with E-state index in [4.69, 9.17) is 4.74 Å². The van der Waals surface area contributed by atoms with Gasteiger partial charge in [-0.3, -0.25) is 4.79 Å². The van der Waals surface area contributed by atoms with Gasteiger partial charge in [0.05, 0.1) is 12.0 Å². The molecule has 1 saturated heterocycles. The van der Waals surface area contributed by atoms with Crippen LogP contribution in [0, 0.1) is 5.41 Å². The molecule has 2 N–H and O–H groups in total. The maximum atomic E-state index is 13.8. The lowest BCUT2D eigenvalue weighted by molar-refractivity contribution is -0.152. The highest BCUT2D eigenvalue weighted by atomic mass is 19.3. The number of aliphatic carboxylic acids is 1. The van der Waals surface area contributed by atoms with E-state index < -0.39 is 48.3 Å². The minimum absolute atomic E-state index is 0.0909. The molecule has 1 aliphatic heterocycles. The zero-order valence-corrected chi connectivity index (χ0v) is 18.9. The molecule has 1 unspecified atom stereocenters. The van der Waals surface area contributed by atoms with Crippen molar-refractivity contribution in [2.45, 2.75) is 38.2 Å². The number of nitrogens with one attached hydrogen (secondary N) is 1. The molecule has 0 bridgehead atoms. The van der Waals surface area contributed by atoms with Gasteiger partial charge in [0, 0.05) is 18.9 Å². The van der Waals surface area contributed by atoms with Crippen LogP contribution in [0.3, 0.4) is 0 Å². The number of ether oxygens (including phenoxy) is 1. The van der Waals surface area contributed by atoms with Crippen molar-refractivity contribution in [3.63, 3.8) is 0 Å². The minimum Gasteiger partial charge on any atom is -0.480 e. The van der Waals surface area contributed by atoms with Crippen molar-refractivity contribution in [1.29, 1.82) is 0 Å². The second-order valence-corrected chi connectivity index (χ2v) is 9.41. The largest absolute Gasteiger partial charge is 0.480 e. The third-order valence-corrected chi connectivity index (χ3v) is 6.41. The summed E-state index contributed by atoms with van der Waals surface area (Å²) < 4.78 is 33.0. The fourth-order valence-electron chi connectivity index (χ4n) is 4.66. The molecule has 0 aromatic heterocycles. The smallest absolute Gasteiger partial charge is 0.407 e. The van der Waals surface area contributed by atoms with E-state index in [0.29, 0.717) is 4.90 Å². The zero-order chi connectivity index (χ0) is 24.7. The van der Waals surface area contributed by atoms with Crippen molar-refractivity contribution in [1.82, 2.24) is 10.2 Å². The average Bonchev–Trinajstić information content (AvgIpc) is 3.30. The Balaban J connectivity index is 1.37. The predicted octanol–water partition coefficient (Wildman–Crippen LogP) is 3.87. The Morgan fingerprint density at radius 1 is 1.09 bits per heavy atom. The van der Waals surface area contributed by atoms with Gasteiger partial charge >= 0.3 is 12.1 Å². The normalized spacial score (nSPS) is 18.8. The van der Waals surface area contributed by atoms with Crippen molar-refractivity contribution in [3.8, 4) is 11.1 Å². The molecule has 2 aromatic carbocycles. The quantitative estimate of drug-likeness (QED) is 0.666. The van der Waals surface area contributed by atoms with Crippen LogP contribution in [0.1, 0.15) is 37.3 Å². The van der Waals surface area contributed by atoms with Crippen molar-refractivity contribution < 1.29 is 33.0 Å². The number of alkyl carbamates (subject to hydrolysis) is 1. The SMILES string of the molecule is CC(C)(CNC(=O)OCC1c2ccccc2-c2ccccc21)C(=O)N1CC(F)(F)CC1C(=O)O. The van der Waals surface area contributed by atoms with Gasteiger partial charge < -0.3 is 20.1 Å². The molecule has 2 amide bonds. The summed E-state index contributed by atoms with van der Waals surface area (Å²) in [6.07, 6.45) is -1.67. The highest BCUT2D eigenvalue weighted by Gasteiger charge is 2.52. The van der Waals surface area contributed by atoms with Crippen molar-refractivity contribution in [2.24, 2.45) is 5.41 Å². The molecule has 4 rings (SSSR count). The van der Waals surface area contributed by atoms with E-state index in [9.17, 15) is 28.3 Å². The second kappa shape index (κ2) is 8.70. The summed E-state index contributed by atoms with van der Waals surface area (Å²) in [5, 5.41) is 11.8. The topological polar surface area (TPSA) is 95.9 Å². The molecule has 0 spiro atoms. The summed E-state index contributed by atoms with van der Waals surface area (Å²) in [5.41, 5.74) is 2.99. The van der Waals surface area contributed by atoms with Crippen LogP contribution in [0.4, 0.5) is 13.6 Å². The summed E-state index contributed by atoms with van der Waals surface area (Å²) >= 11 is 0. The van der Waals surface area contributed by atoms with E-state index in [1.165, 1.54) is 13.8 Å². The van der Waals surface area contributed by atoms with Gasteiger partial charge in [-0.1, -0.05) is 48.5 Å². The molecule has 1 fully saturated rings. The fourth-order valence-corrected chi connectivity index (χ4v) is 4.66. The molecular formula is C25H26F2N2O5. The lowest BCUT2D eigenvalue weighted by Gasteiger charge is -2.31. The Morgan fingerprint density at radius 3 is 2.21 bits per heavy atom.